The van der Waals surface area contributed by atoms with Gasteiger partial charge in [0.05, 0.1) is 12.2 Å². The molecule has 0 aliphatic rings. The molecule has 0 saturated heterocycles. The molecule has 0 unspecified atom stereocenters. The summed E-state index contributed by atoms with van der Waals surface area (Å²) in [5, 5.41) is 8.92. The smallest absolute Gasteiger partial charge is 0.137 e. The second-order valence-electron chi connectivity index (χ2n) is 4.23. The molecule has 0 saturated carbocycles. The lowest BCUT2D eigenvalue weighted by molar-refractivity contribution is 0.318. The number of ether oxygens (including phenoxy) is 1. The zero-order valence-corrected chi connectivity index (χ0v) is 12.0. The molecule has 0 aromatic heterocycles. The van der Waals surface area contributed by atoms with Gasteiger partial charge in [-0.15, -0.1) is 11.8 Å². The van der Waals surface area contributed by atoms with E-state index in [1.165, 1.54) is 17.8 Å². The zero-order valence-electron chi connectivity index (χ0n) is 11.2. The maximum Gasteiger partial charge on any atom is 0.137 e. The number of benzene rings is 2. The number of thioether (sulfide) groups is 1. The molecule has 0 amide bonds. The lowest BCUT2D eigenvalue weighted by Crippen LogP contribution is -2.00. The van der Waals surface area contributed by atoms with E-state index < -0.39 is 11.6 Å². The van der Waals surface area contributed by atoms with Crippen LogP contribution in [-0.2, 0) is 0 Å². The average Bonchev–Trinajstić information content (AvgIpc) is 2.50. The van der Waals surface area contributed by atoms with Crippen molar-refractivity contribution in [1.82, 2.24) is 0 Å². The van der Waals surface area contributed by atoms with Gasteiger partial charge in [0, 0.05) is 10.6 Å². The van der Waals surface area contributed by atoms with E-state index >= 15 is 0 Å². The number of nitriles is 1. The van der Waals surface area contributed by atoms with Crippen LogP contribution in [0.3, 0.4) is 0 Å². The molecule has 0 N–H and O–H groups in total. The standard InChI is InChI=1S/C16H13F2NOS/c17-13-6-7-14(18)16(10-13)21-9-3-8-20-15-5-2-1-4-12(15)11-19/h1-2,4-7,10H,3,8-9H2. The van der Waals surface area contributed by atoms with Gasteiger partial charge in [0.15, 0.2) is 0 Å². The first-order valence-corrected chi connectivity index (χ1v) is 7.39. The highest BCUT2D eigenvalue weighted by Crippen LogP contribution is 2.23. The molecule has 2 aromatic carbocycles. The average molecular weight is 305 g/mol. The predicted molar refractivity (Wildman–Crippen MR) is 78.4 cm³/mol. The largest absolute Gasteiger partial charge is 0.492 e. The van der Waals surface area contributed by atoms with E-state index in [0.717, 1.165) is 12.1 Å². The minimum Gasteiger partial charge on any atom is -0.492 e. The lowest BCUT2D eigenvalue weighted by Gasteiger charge is -2.07. The van der Waals surface area contributed by atoms with E-state index in [-0.39, 0.29) is 0 Å². The maximum absolute atomic E-state index is 13.4. The molecule has 0 aliphatic carbocycles. The summed E-state index contributed by atoms with van der Waals surface area (Å²) >= 11 is 1.25. The van der Waals surface area contributed by atoms with Crippen molar-refractivity contribution < 1.29 is 13.5 Å². The highest BCUT2D eigenvalue weighted by atomic mass is 32.2. The maximum atomic E-state index is 13.4. The molecule has 2 rings (SSSR count). The fourth-order valence-electron chi connectivity index (χ4n) is 1.70. The van der Waals surface area contributed by atoms with Gasteiger partial charge < -0.3 is 4.74 Å². The fourth-order valence-corrected chi connectivity index (χ4v) is 2.58. The zero-order chi connectivity index (χ0) is 15.1. The molecular formula is C16H13F2NOS. The van der Waals surface area contributed by atoms with E-state index in [1.807, 2.05) is 0 Å². The molecule has 0 atom stereocenters. The lowest BCUT2D eigenvalue weighted by atomic mass is 10.2. The molecule has 0 heterocycles. The van der Waals surface area contributed by atoms with Crippen molar-refractivity contribution in [3.8, 4) is 11.8 Å². The molecular weight excluding hydrogens is 292 g/mol. The Morgan fingerprint density at radius 2 is 1.95 bits per heavy atom. The van der Waals surface area contributed by atoms with Gasteiger partial charge in [0.25, 0.3) is 0 Å². The molecule has 0 spiro atoms. The minimum atomic E-state index is -0.446. The normalized spacial score (nSPS) is 10.1. The van der Waals surface area contributed by atoms with Gasteiger partial charge >= 0.3 is 0 Å². The number of hydrogen-bond acceptors (Lipinski definition) is 3. The number of halogens is 2. The Balaban J connectivity index is 1.78. The highest BCUT2D eigenvalue weighted by Gasteiger charge is 2.05. The summed E-state index contributed by atoms with van der Waals surface area (Å²) in [6.07, 6.45) is 0.667. The SMILES string of the molecule is N#Cc1ccccc1OCCCSc1cc(F)ccc1F. The third-order valence-electron chi connectivity index (χ3n) is 2.70. The van der Waals surface area contributed by atoms with Crippen LogP contribution >= 0.6 is 11.8 Å². The Bertz CT molecular complexity index is 655. The molecule has 108 valence electrons. The van der Waals surface area contributed by atoms with Crippen LogP contribution in [0.25, 0.3) is 0 Å². The Morgan fingerprint density at radius 3 is 2.76 bits per heavy atom. The van der Waals surface area contributed by atoms with E-state index in [1.54, 1.807) is 24.3 Å². The van der Waals surface area contributed by atoms with Gasteiger partial charge in [0.1, 0.15) is 23.5 Å². The van der Waals surface area contributed by atoms with Gasteiger partial charge in [-0.05, 0) is 36.8 Å². The van der Waals surface area contributed by atoms with Crippen LogP contribution in [0.1, 0.15) is 12.0 Å². The first-order chi connectivity index (χ1) is 10.2. The Hall–Kier alpha value is -2.06. The van der Waals surface area contributed by atoms with Crippen molar-refractivity contribution in [2.45, 2.75) is 11.3 Å². The van der Waals surface area contributed by atoms with Crippen molar-refractivity contribution in [3.63, 3.8) is 0 Å². The Labute approximate surface area is 126 Å². The summed E-state index contributed by atoms with van der Waals surface area (Å²) in [6.45, 7) is 0.419. The quantitative estimate of drug-likeness (QED) is 0.586. The van der Waals surface area contributed by atoms with Crippen LogP contribution in [0, 0.1) is 23.0 Å². The van der Waals surface area contributed by atoms with Gasteiger partial charge in [-0.3, -0.25) is 0 Å². The third-order valence-corrected chi connectivity index (χ3v) is 3.82. The summed E-state index contributed by atoms with van der Waals surface area (Å²) in [4.78, 5) is 0.299. The molecule has 0 bridgehead atoms. The van der Waals surface area contributed by atoms with Crippen molar-refractivity contribution in [3.05, 3.63) is 59.7 Å². The van der Waals surface area contributed by atoms with Crippen molar-refractivity contribution in [2.75, 3.05) is 12.4 Å². The van der Waals surface area contributed by atoms with E-state index in [0.29, 0.717) is 35.0 Å². The van der Waals surface area contributed by atoms with Crippen LogP contribution in [0.2, 0.25) is 0 Å². The first-order valence-electron chi connectivity index (χ1n) is 6.40. The molecule has 2 aromatic rings. The molecule has 2 nitrogen and oxygen atoms in total. The number of hydrogen-bond donors (Lipinski definition) is 0. The topological polar surface area (TPSA) is 33.0 Å². The summed E-state index contributed by atoms with van der Waals surface area (Å²) in [5.41, 5.74) is 0.487. The number of nitrogens with zero attached hydrogens (tertiary/aromatic N) is 1. The van der Waals surface area contributed by atoms with Gasteiger partial charge in [-0.25, -0.2) is 8.78 Å². The monoisotopic (exact) mass is 305 g/mol. The molecule has 5 heteroatoms. The second kappa shape index (κ2) is 7.65. The summed E-state index contributed by atoms with van der Waals surface area (Å²) in [6, 6.07) is 12.5. The van der Waals surface area contributed by atoms with Gasteiger partial charge in [-0.2, -0.15) is 5.26 Å². The first kappa shape index (κ1) is 15.3. The van der Waals surface area contributed by atoms with Gasteiger partial charge in [-0.1, -0.05) is 12.1 Å². The predicted octanol–water partition coefficient (Wildman–Crippen LogP) is 4.40. The Kier molecular flexibility index (Phi) is 5.59. The second-order valence-corrected chi connectivity index (χ2v) is 5.37. The van der Waals surface area contributed by atoms with E-state index in [9.17, 15) is 8.78 Å². The number of rotatable bonds is 6. The van der Waals surface area contributed by atoms with Crippen LogP contribution in [-0.4, -0.2) is 12.4 Å². The summed E-state index contributed by atoms with van der Waals surface area (Å²) in [7, 11) is 0. The summed E-state index contributed by atoms with van der Waals surface area (Å²) < 4.78 is 31.9. The van der Waals surface area contributed by atoms with Gasteiger partial charge in [0.2, 0.25) is 0 Å². The summed E-state index contributed by atoms with van der Waals surface area (Å²) in [5.74, 6) is 0.284. The van der Waals surface area contributed by atoms with Crippen LogP contribution in [0.5, 0.6) is 5.75 Å². The van der Waals surface area contributed by atoms with Crippen molar-refractivity contribution in [2.24, 2.45) is 0 Å². The molecule has 21 heavy (non-hydrogen) atoms. The van der Waals surface area contributed by atoms with Crippen LogP contribution in [0.4, 0.5) is 8.78 Å². The highest BCUT2D eigenvalue weighted by molar-refractivity contribution is 7.99. The van der Waals surface area contributed by atoms with E-state index in [4.69, 9.17) is 10.00 Å². The fraction of sp³-hybridized carbons (Fsp3) is 0.188. The van der Waals surface area contributed by atoms with E-state index in [2.05, 4.69) is 6.07 Å². The molecule has 0 radical (unpaired) electrons. The Morgan fingerprint density at radius 1 is 1.14 bits per heavy atom. The molecule has 0 aliphatic heterocycles. The van der Waals surface area contributed by atoms with Crippen LogP contribution < -0.4 is 4.74 Å². The van der Waals surface area contributed by atoms with Crippen molar-refractivity contribution >= 4 is 11.8 Å². The third kappa shape index (κ3) is 4.47. The minimum absolute atomic E-state index is 0.299. The number of para-hydroxylation sites is 1. The van der Waals surface area contributed by atoms with Crippen molar-refractivity contribution in [1.29, 1.82) is 5.26 Å². The molecule has 0 fully saturated rings. The van der Waals surface area contributed by atoms with Crippen LogP contribution in [0.15, 0.2) is 47.4 Å².